The van der Waals surface area contributed by atoms with Gasteiger partial charge < -0.3 is 16.0 Å². The van der Waals surface area contributed by atoms with E-state index in [1.165, 1.54) is 0 Å². The fourth-order valence-corrected chi connectivity index (χ4v) is 2.96. The van der Waals surface area contributed by atoms with Gasteiger partial charge in [0.05, 0.1) is 11.6 Å². The molecule has 5 nitrogen and oxygen atoms in total. The van der Waals surface area contributed by atoms with Crippen LogP contribution in [0.1, 0.15) is 24.1 Å². The molecule has 3 amide bonds. The van der Waals surface area contributed by atoms with Gasteiger partial charge in [-0.1, -0.05) is 47.5 Å². The van der Waals surface area contributed by atoms with Crippen molar-refractivity contribution < 1.29 is 9.59 Å². The molecular weight excluding hydrogens is 338 g/mol. The third-order valence-corrected chi connectivity index (χ3v) is 4.24. The second kappa shape index (κ2) is 6.99. The van der Waals surface area contributed by atoms with Gasteiger partial charge in [0.25, 0.3) is 5.91 Å². The normalized spacial score (nSPS) is 16.9. The number of nitrogens with one attached hydrogen (secondary N) is 3. The molecule has 0 bridgehead atoms. The lowest BCUT2D eigenvalue weighted by atomic mass is 9.94. The van der Waals surface area contributed by atoms with Gasteiger partial charge in [-0.3, -0.25) is 4.79 Å². The van der Waals surface area contributed by atoms with Gasteiger partial charge in [0.2, 0.25) is 0 Å². The monoisotopic (exact) mass is 355 g/mol. The Kier molecular flexibility index (Phi) is 4.76. The molecule has 0 aromatic heterocycles. The SMILES string of the molecule is CC1=C(C(=O)Nc2cccc(Cl)c2)C(c2ccc(C)cc2)NC(=O)N1. The zero-order valence-corrected chi connectivity index (χ0v) is 14.6. The molecule has 3 rings (SSSR count). The summed E-state index contributed by atoms with van der Waals surface area (Å²) in [7, 11) is 0. The molecule has 25 heavy (non-hydrogen) atoms. The maximum Gasteiger partial charge on any atom is 0.319 e. The van der Waals surface area contributed by atoms with Crippen LogP contribution in [-0.2, 0) is 4.79 Å². The van der Waals surface area contributed by atoms with E-state index < -0.39 is 6.04 Å². The molecule has 1 unspecified atom stereocenters. The zero-order valence-electron chi connectivity index (χ0n) is 13.9. The summed E-state index contributed by atoms with van der Waals surface area (Å²) in [5.74, 6) is -0.294. The summed E-state index contributed by atoms with van der Waals surface area (Å²) in [6.45, 7) is 3.70. The van der Waals surface area contributed by atoms with Crippen LogP contribution in [0.25, 0.3) is 0 Å². The largest absolute Gasteiger partial charge is 0.327 e. The van der Waals surface area contributed by atoms with Crippen molar-refractivity contribution in [1.29, 1.82) is 0 Å². The van der Waals surface area contributed by atoms with Crippen molar-refractivity contribution in [3.63, 3.8) is 0 Å². The quantitative estimate of drug-likeness (QED) is 0.781. The highest BCUT2D eigenvalue weighted by atomic mass is 35.5. The number of hydrogen-bond acceptors (Lipinski definition) is 2. The Labute approximate surface area is 151 Å². The van der Waals surface area contributed by atoms with Crippen molar-refractivity contribution in [1.82, 2.24) is 10.6 Å². The van der Waals surface area contributed by atoms with Gasteiger partial charge in [-0.2, -0.15) is 0 Å². The number of urea groups is 1. The lowest BCUT2D eigenvalue weighted by Crippen LogP contribution is -2.45. The van der Waals surface area contributed by atoms with Crippen LogP contribution in [0.3, 0.4) is 0 Å². The molecule has 0 fully saturated rings. The minimum absolute atomic E-state index is 0.294. The van der Waals surface area contributed by atoms with Crippen molar-refractivity contribution >= 4 is 29.2 Å². The van der Waals surface area contributed by atoms with Crippen LogP contribution in [0.15, 0.2) is 59.8 Å². The van der Waals surface area contributed by atoms with E-state index in [1.54, 1.807) is 31.2 Å². The maximum absolute atomic E-state index is 12.8. The molecule has 1 heterocycles. The smallest absolute Gasteiger partial charge is 0.319 e. The topological polar surface area (TPSA) is 70.2 Å². The van der Waals surface area contributed by atoms with Crippen LogP contribution in [0.2, 0.25) is 5.02 Å². The molecule has 3 N–H and O–H groups in total. The van der Waals surface area contributed by atoms with E-state index in [4.69, 9.17) is 11.6 Å². The zero-order chi connectivity index (χ0) is 18.0. The molecule has 0 spiro atoms. The number of hydrogen-bond donors (Lipinski definition) is 3. The average molecular weight is 356 g/mol. The standard InChI is InChI=1S/C19H18ClN3O2/c1-11-6-8-13(9-7-11)17-16(12(2)21-19(25)23-17)18(24)22-15-5-3-4-14(20)10-15/h3-10,17H,1-2H3,(H,22,24)(H2,21,23,25). The number of rotatable bonds is 3. The van der Waals surface area contributed by atoms with E-state index >= 15 is 0 Å². The van der Waals surface area contributed by atoms with E-state index in [1.807, 2.05) is 31.2 Å². The number of amides is 3. The molecule has 1 aliphatic rings. The first kappa shape index (κ1) is 17.0. The Morgan fingerprint density at radius 2 is 1.84 bits per heavy atom. The van der Waals surface area contributed by atoms with E-state index in [9.17, 15) is 9.59 Å². The summed E-state index contributed by atoms with van der Waals surface area (Å²) < 4.78 is 0. The fourth-order valence-electron chi connectivity index (χ4n) is 2.77. The Balaban J connectivity index is 1.94. The minimum Gasteiger partial charge on any atom is -0.327 e. The van der Waals surface area contributed by atoms with Crippen molar-refractivity contribution in [3.05, 3.63) is 76.0 Å². The number of carbonyl (C=O) groups excluding carboxylic acids is 2. The van der Waals surface area contributed by atoms with E-state index in [2.05, 4.69) is 16.0 Å². The van der Waals surface area contributed by atoms with Gasteiger partial charge in [-0.25, -0.2) is 4.79 Å². The van der Waals surface area contributed by atoms with Gasteiger partial charge in [-0.05, 0) is 37.6 Å². The molecule has 0 saturated heterocycles. The van der Waals surface area contributed by atoms with Gasteiger partial charge in [0.1, 0.15) is 0 Å². The second-order valence-electron chi connectivity index (χ2n) is 5.95. The molecule has 0 saturated carbocycles. The summed E-state index contributed by atoms with van der Waals surface area (Å²) >= 11 is 5.97. The highest BCUT2D eigenvalue weighted by molar-refractivity contribution is 6.31. The number of carbonyl (C=O) groups is 2. The lowest BCUT2D eigenvalue weighted by Gasteiger charge is -2.28. The van der Waals surface area contributed by atoms with Crippen molar-refractivity contribution in [3.8, 4) is 0 Å². The highest BCUT2D eigenvalue weighted by Crippen LogP contribution is 2.28. The first-order valence-electron chi connectivity index (χ1n) is 7.86. The highest BCUT2D eigenvalue weighted by Gasteiger charge is 2.31. The summed E-state index contributed by atoms with van der Waals surface area (Å²) in [6, 6.07) is 13.8. The number of benzene rings is 2. The third-order valence-electron chi connectivity index (χ3n) is 4.01. The first-order valence-corrected chi connectivity index (χ1v) is 8.23. The minimum atomic E-state index is -0.520. The fraction of sp³-hybridized carbons (Fsp3) is 0.158. The molecule has 0 aliphatic carbocycles. The molecule has 6 heteroatoms. The average Bonchev–Trinajstić information content (AvgIpc) is 2.54. The van der Waals surface area contributed by atoms with Crippen LogP contribution in [0.5, 0.6) is 0 Å². The Hall–Kier alpha value is -2.79. The molecular formula is C19H18ClN3O2. The predicted molar refractivity (Wildman–Crippen MR) is 98.4 cm³/mol. The maximum atomic E-state index is 12.8. The lowest BCUT2D eigenvalue weighted by molar-refractivity contribution is -0.113. The summed E-state index contributed by atoms with van der Waals surface area (Å²) in [5, 5.41) is 8.85. The van der Waals surface area contributed by atoms with Gasteiger partial charge in [0.15, 0.2) is 0 Å². The van der Waals surface area contributed by atoms with Crippen molar-refractivity contribution in [2.24, 2.45) is 0 Å². The predicted octanol–water partition coefficient (Wildman–Crippen LogP) is 3.92. The van der Waals surface area contributed by atoms with E-state index in [-0.39, 0.29) is 11.9 Å². The van der Waals surface area contributed by atoms with E-state index in [0.717, 1.165) is 11.1 Å². The Bertz CT molecular complexity index is 859. The summed E-state index contributed by atoms with van der Waals surface area (Å²) in [5.41, 5.74) is 3.53. The number of anilines is 1. The molecule has 1 atom stereocenters. The molecule has 2 aromatic carbocycles. The van der Waals surface area contributed by atoms with Crippen LogP contribution in [-0.4, -0.2) is 11.9 Å². The second-order valence-corrected chi connectivity index (χ2v) is 6.38. The van der Waals surface area contributed by atoms with Gasteiger partial charge in [0, 0.05) is 16.4 Å². The van der Waals surface area contributed by atoms with Crippen molar-refractivity contribution in [2.75, 3.05) is 5.32 Å². The van der Waals surface area contributed by atoms with Crippen molar-refractivity contribution in [2.45, 2.75) is 19.9 Å². The summed E-state index contributed by atoms with van der Waals surface area (Å²) in [4.78, 5) is 24.7. The molecule has 128 valence electrons. The van der Waals surface area contributed by atoms with Crippen LogP contribution < -0.4 is 16.0 Å². The third kappa shape index (κ3) is 3.83. The molecule has 2 aromatic rings. The Morgan fingerprint density at radius 1 is 1.12 bits per heavy atom. The number of halogens is 1. The van der Waals surface area contributed by atoms with Crippen LogP contribution >= 0.6 is 11.6 Å². The van der Waals surface area contributed by atoms with Gasteiger partial charge in [-0.15, -0.1) is 0 Å². The van der Waals surface area contributed by atoms with Crippen LogP contribution in [0, 0.1) is 6.92 Å². The Morgan fingerprint density at radius 3 is 2.52 bits per heavy atom. The van der Waals surface area contributed by atoms with Gasteiger partial charge >= 0.3 is 6.03 Å². The molecule has 0 radical (unpaired) electrons. The number of aryl methyl sites for hydroxylation is 1. The van der Waals surface area contributed by atoms with E-state index in [0.29, 0.717) is 22.0 Å². The number of allylic oxidation sites excluding steroid dienone is 1. The first-order chi connectivity index (χ1) is 11.9. The summed E-state index contributed by atoms with van der Waals surface area (Å²) in [6.07, 6.45) is 0. The van der Waals surface area contributed by atoms with Crippen LogP contribution in [0.4, 0.5) is 10.5 Å². The molecule has 1 aliphatic heterocycles.